The molecule has 1 amide bonds. The molecule has 1 saturated carbocycles. The van der Waals surface area contributed by atoms with Crippen molar-refractivity contribution >= 4 is 5.91 Å². The Balaban J connectivity index is 1.84. The molecular formula is C12H17NO. The number of rotatable bonds is 0. The molecule has 0 aromatic heterocycles. The van der Waals surface area contributed by atoms with Gasteiger partial charge in [-0.25, -0.2) is 0 Å². The zero-order valence-electron chi connectivity index (χ0n) is 8.65. The van der Waals surface area contributed by atoms with Gasteiger partial charge in [0.2, 0.25) is 5.91 Å². The number of carbonyl (C=O) groups excluding carboxylic acids is 1. The predicted octanol–water partition coefficient (Wildman–Crippen LogP) is 1.68. The van der Waals surface area contributed by atoms with Crippen molar-refractivity contribution in [3.63, 3.8) is 0 Å². The predicted molar refractivity (Wildman–Crippen MR) is 54.6 cm³/mol. The van der Waals surface area contributed by atoms with Crippen molar-refractivity contribution in [2.75, 3.05) is 13.1 Å². The molecule has 1 saturated heterocycles. The number of nitrogens with zero attached hydrogens (tertiary/aromatic N) is 1. The summed E-state index contributed by atoms with van der Waals surface area (Å²) in [4.78, 5) is 13.4. The molecular weight excluding hydrogens is 174 g/mol. The molecule has 1 heterocycles. The highest BCUT2D eigenvalue weighted by Crippen LogP contribution is 2.48. The van der Waals surface area contributed by atoms with E-state index >= 15 is 0 Å². The van der Waals surface area contributed by atoms with E-state index in [-0.39, 0.29) is 5.91 Å². The van der Waals surface area contributed by atoms with E-state index in [2.05, 4.69) is 12.2 Å². The summed E-state index contributed by atoms with van der Waals surface area (Å²) in [5.74, 6) is 3.37. The minimum atomic E-state index is 0.263. The van der Waals surface area contributed by atoms with Crippen LogP contribution in [0.15, 0.2) is 12.2 Å². The maximum atomic E-state index is 11.3. The van der Waals surface area contributed by atoms with Crippen LogP contribution in [0.4, 0.5) is 0 Å². The van der Waals surface area contributed by atoms with E-state index in [0.29, 0.717) is 0 Å². The van der Waals surface area contributed by atoms with Crippen LogP contribution in [-0.4, -0.2) is 23.9 Å². The molecule has 0 aromatic carbocycles. The van der Waals surface area contributed by atoms with Gasteiger partial charge in [-0.15, -0.1) is 0 Å². The van der Waals surface area contributed by atoms with Crippen molar-refractivity contribution in [3.8, 4) is 0 Å². The number of amides is 1. The monoisotopic (exact) mass is 191 g/mol. The lowest BCUT2D eigenvalue weighted by molar-refractivity contribution is -0.128. The summed E-state index contributed by atoms with van der Waals surface area (Å²) in [7, 11) is 0. The Hall–Kier alpha value is -0.790. The van der Waals surface area contributed by atoms with Gasteiger partial charge in [0, 0.05) is 20.0 Å². The number of carbonyl (C=O) groups is 1. The second-order valence-corrected chi connectivity index (χ2v) is 5.04. The molecule has 2 heteroatoms. The van der Waals surface area contributed by atoms with Crippen molar-refractivity contribution in [2.45, 2.75) is 19.8 Å². The van der Waals surface area contributed by atoms with Crippen LogP contribution in [0.1, 0.15) is 19.8 Å². The van der Waals surface area contributed by atoms with Gasteiger partial charge in [0.1, 0.15) is 0 Å². The van der Waals surface area contributed by atoms with Crippen molar-refractivity contribution in [2.24, 2.45) is 23.7 Å². The fourth-order valence-electron chi connectivity index (χ4n) is 3.59. The summed E-state index contributed by atoms with van der Waals surface area (Å²) in [6, 6.07) is 0. The van der Waals surface area contributed by atoms with Crippen molar-refractivity contribution in [3.05, 3.63) is 12.2 Å². The third-order valence-electron chi connectivity index (χ3n) is 4.40. The van der Waals surface area contributed by atoms with Gasteiger partial charge in [-0.3, -0.25) is 4.79 Å². The van der Waals surface area contributed by atoms with Gasteiger partial charge in [-0.2, -0.15) is 0 Å². The highest BCUT2D eigenvalue weighted by molar-refractivity contribution is 5.73. The Kier molecular flexibility index (Phi) is 1.73. The fraction of sp³-hybridized carbons (Fsp3) is 0.750. The van der Waals surface area contributed by atoms with Crippen LogP contribution >= 0.6 is 0 Å². The largest absolute Gasteiger partial charge is 0.342 e. The van der Waals surface area contributed by atoms with Gasteiger partial charge in [0.25, 0.3) is 0 Å². The molecule has 4 atom stereocenters. The van der Waals surface area contributed by atoms with Gasteiger partial charge < -0.3 is 4.90 Å². The summed E-state index contributed by atoms with van der Waals surface area (Å²) in [5, 5.41) is 0. The Labute approximate surface area is 85.0 Å². The molecule has 76 valence electrons. The van der Waals surface area contributed by atoms with Crippen LogP contribution < -0.4 is 0 Å². The number of allylic oxidation sites excluding steroid dienone is 2. The van der Waals surface area contributed by atoms with Gasteiger partial charge in [0.15, 0.2) is 0 Å². The summed E-state index contributed by atoms with van der Waals surface area (Å²) in [6.07, 6.45) is 7.51. The molecule has 3 aliphatic carbocycles. The summed E-state index contributed by atoms with van der Waals surface area (Å²) < 4.78 is 0. The molecule has 0 spiro atoms. The van der Waals surface area contributed by atoms with E-state index in [9.17, 15) is 4.79 Å². The van der Waals surface area contributed by atoms with E-state index in [1.807, 2.05) is 4.90 Å². The van der Waals surface area contributed by atoms with E-state index in [1.165, 1.54) is 12.8 Å². The molecule has 0 aromatic rings. The van der Waals surface area contributed by atoms with Gasteiger partial charge in [0.05, 0.1) is 0 Å². The zero-order valence-corrected chi connectivity index (χ0v) is 8.65. The smallest absolute Gasteiger partial charge is 0.219 e. The average Bonchev–Trinajstić information content (AvgIpc) is 2.65. The fourth-order valence-corrected chi connectivity index (χ4v) is 3.59. The first kappa shape index (κ1) is 8.51. The number of fused-ring (bicyclic) bond motifs is 1. The van der Waals surface area contributed by atoms with Crippen molar-refractivity contribution in [1.82, 2.24) is 4.90 Å². The van der Waals surface area contributed by atoms with E-state index in [1.54, 1.807) is 6.92 Å². The van der Waals surface area contributed by atoms with E-state index in [0.717, 1.165) is 36.8 Å². The second-order valence-electron chi connectivity index (χ2n) is 5.04. The third-order valence-corrected chi connectivity index (χ3v) is 4.40. The van der Waals surface area contributed by atoms with Crippen LogP contribution in [-0.2, 0) is 4.79 Å². The first-order valence-electron chi connectivity index (χ1n) is 5.69. The minimum absolute atomic E-state index is 0.263. The van der Waals surface area contributed by atoms with Gasteiger partial charge >= 0.3 is 0 Å². The summed E-state index contributed by atoms with van der Waals surface area (Å²) in [6.45, 7) is 3.74. The minimum Gasteiger partial charge on any atom is -0.342 e. The molecule has 4 unspecified atom stereocenters. The number of hydrogen-bond acceptors (Lipinski definition) is 1. The lowest BCUT2D eigenvalue weighted by atomic mass is 9.64. The second kappa shape index (κ2) is 2.85. The summed E-state index contributed by atoms with van der Waals surface area (Å²) >= 11 is 0. The maximum Gasteiger partial charge on any atom is 0.219 e. The number of likely N-dealkylation sites (tertiary alicyclic amines) is 1. The van der Waals surface area contributed by atoms with Crippen LogP contribution in [0.2, 0.25) is 0 Å². The SMILES string of the molecule is CC(=O)N1CC2C3C=CC(CC3)C2C1. The Bertz CT molecular complexity index is 275. The molecule has 2 nitrogen and oxygen atoms in total. The topological polar surface area (TPSA) is 20.3 Å². The van der Waals surface area contributed by atoms with Crippen molar-refractivity contribution in [1.29, 1.82) is 0 Å². The quantitative estimate of drug-likeness (QED) is 0.533. The first-order valence-corrected chi connectivity index (χ1v) is 5.69. The molecule has 0 N–H and O–H groups in total. The van der Waals surface area contributed by atoms with Gasteiger partial charge in [-0.1, -0.05) is 12.2 Å². The third kappa shape index (κ3) is 1.06. The van der Waals surface area contributed by atoms with Crippen LogP contribution in [0.5, 0.6) is 0 Å². The van der Waals surface area contributed by atoms with Crippen LogP contribution in [0, 0.1) is 23.7 Å². The standard InChI is InChI=1S/C12H17NO/c1-8(14)13-6-11-9-2-3-10(5-4-9)12(11)7-13/h2-3,9-12H,4-7H2,1H3. The normalized spacial score (nSPS) is 44.2. The van der Waals surface area contributed by atoms with Gasteiger partial charge in [-0.05, 0) is 36.5 Å². The lowest BCUT2D eigenvalue weighted by Gasteiger charge is -2.40. The summed E-state index contributed by atoms with van der Waals surface area (Å²) in [5.41, 5.74) is 0. The van der Waals surface area contributed by atoms with E-state index < -0.39 is 0 Å². The number of hydrogen-bond donors (Lipinski definition) is 0. The molecule has 2 fully saturated rings. The molecule has 1 aliphatic heterocycles. The molecule has 4 aliphatic rings. The van der Waals surface area contributed by atoms with Crippen LogP contribution in [0.25, 0.3) is 0 Å². The van der Waals surface area contributed by atoms with Crippen molar-refractivity contribution < 1.29 is 4.79 Å². The highest BCUT2D eigenvalue weighted by atomic mass is 16.2. The Morgan fingerprint density at radius 1 is 1.14 bits per heavy atom. The maximum absolute atomic E-state index is 11.3. The van der Waals surface area contributed by atoms with E-state index in [4.69, 9.17) is 0 Å². The highest BCUT2D eigenvalue weighted by Gasteiger charge is 2.46. The van der Waals surface area contributed by atoms with Crippen LogP contribution in [0.3, 0.4) is 0 Å². The molecule has 14 heavy (non-hydrogen) atoms. The Morgan fingerprint density at radius 3 is 2.00 bits per heavy atom. The zero-order chi connectivity index (χ0) is 9.71. The average molecular weight is 191 g/mol. The first-order chi connectivity index (χ1) is 6.75. The molecule has 2 bridgehead atoms. The molecule has 4 rings (SSSR count). The lowest BCUT2D eigenvalue weighted by Crippen LogP contribution is -2.35. The Morgan fingerprint density at radius 2 is 1.64 bits per heavy atom. The molecule has 0 radical (unpaired) electrons.